The molecule has 0 amide bonds. The van der Waals surface area contributed by atoms with E-state index in [0.717, 1.165) is 12.8 Å². The molecule has 0 bridgehead atoms. The van der Waals surface area contributed by atoms with Crippen LogP contribution >= 0.6 is 11.3 Å². The second-order valence-electron chi connectivity index (χ2n) is 3.12. The van der Waals surface area contributed by atoms with Crippen LogP contribution in [0.4, 0.5) is 5.13 Å². The fourth-order valence-electron chi connectivity index (χ4n) is 0.892. The van der Waals surface area contributed by atoms with Crippen LogP contribution in [-0.2, 0) is 9.63 Å². The summed E-state index contributed by atoms with van der Waals surface area (Å²) in [7, 11) is 0. The predicted molar refractivity (Wildman–Crippen MR) is 54.8 cm³/mol. The molecule has 1 aromatic rings. The second-order valence-corrected chi connectivity index (χ2v) is 4.01. The molecule has 80 valence electrons. The number of nitrogens with zero attached hydrogens (tertiary/aromatic N) is 2. The van der Waals surface area contributed by atoms with Gasteiger partial charge in [0.15, 0.2) is 5.13 Å². The van der Waals surface area contributed by atoms with Gasteiger partial charge in [-0.15, -0.1) is 11.3 Å². The molecule has 0 saturated heterocycles. The van der Waals surface area contributed by atoms with Crippen LogP contribution in [0.5, 0.6) is 0 Å². The predicted octanol–water partition coefficient (Wildman–Crippen LogP) is 0.693. The molecule has 0 unspecified atom stereocenters. The van der Waals surface area contributed by atoms with Crippen molar-refractivity contribution >= 4 is 28.1 Å². The lowest BCUT2D eigenvalue weighted by atomic mass is 10.3. The quantitative estimate of drug-likeness (QED) is 0.582. The highest BCUT2D eigenvalue weighted by atomic mass is 32.1. The van der Waals surface area contributed by atoms with Gasteiger partial charge >= 0.3 is 5.97 Å². The van der Waals surface area contributed by atoms with Crippen molar-refractivity contribution in [3.63, 3.8) is 0 Å². The third-order valence-corrected chi connectivity index (χ3v) is 2.46. The molecular weight excluding hydrogens is 218 g/mol. The summed E-state index contributed by atoms with van der Waals surface area (Å²) < 4.78 is 0. The van der Waals surface area contributed by atoms with Gasteiger partial charge in [0.25, 0.3) is 0 Å². The minimum atomic E-state index is -1.17. The maximum atomic E-state index is 10.9. The number of thiazole rings is 1. The van der Waals surface area contributed by atoms with E-state index in [1.165, 1.54) is 11.3 Å². The number of nitrogen functional groups attached to an aromatic ring is 1. The zero-order chi connectivity index (χ0) is 10.8. The standard InChI is InChI=1S/C8H9N3O3S/c9-8-10-5(3-15-8)6(7(12)13)11-14-4-1-2-4/h3-4H,1-2H2,(H2,9,10)(H,12,13)/b11-6+. The average molecular weight is 227 g/mol. The summed E-state index contributed by atoms with van der Waals surface area (Å²) in [4.78, 5) is 19.7. The maximum Gasteiger partial charge on any atom is 0.360 e. The molecule has 3 N–H and O–H groups in total. The van der Waals surface area contributed by atoms with Gasteiger partial charge in [-0.1, -0.05) is 5.16 Å². The van der Waals surface area contributed by atoms with Crippen molar-refractivity contribution in [2.45, 2.75) is 18.9 Å². The van der Waals surface area contributed by atoms with E-state index in [-0.39, 0.29) is 17.5 Å². The van der Waals surface area contributed by atoms with Crippen LogP contribution in [0.1, 0.15) is 18.5 Å². The van der Waals surface area contributed by atoms with Crippen molar-refractivity contribution in [3.05, 3.63) is 11.1 Å². The van der Waals surface area contributed by atoms with Crippen LogP contribution in [0.2, 0.25) is 0 Å². The summed E-state index contributed by atoms with van der Waals surface area (Å²) in [6.45, 7) is 0. The lowest BCUT2D eigenvalue weighted by Gasteiger charge is -1.97. The van der Waals surface area contributed by atoms with Gasteiger partial charge in [-0.25, -0.2) is 9.78 Å². The molecule has 1 fully saturated rings. The van der Waals surface area contributed by atoms with E-state index in [1.807, 2.05) is 0 Å². The molecular formula is C8H9N3O3S. The summed E-state index contributed by atoms with van der Waals surface area (Å²) in [5.74, 6) is -1.17. The fourth-order valence-corrected chi connectivity index (χ4v) is 1.44. The van der Waals surface area contributed by atoms with E-state index in [4.69, 9.17) is 15.7 Å². The van der Waals surface area contributed by atoms with Gasteiger partial charge < -0.3 is 15.7 Å². The van der Waals surface area contributed by atoms with Crippen molar-refractivity contribution < 1.29 is 14.7 Å². The highest BCUT2D eigenvalue weighted by Crippen LogP contribution is 2.24. The molecule has 0 atom stereocenters. The molecule has 1 aliphatic rings. The first-order chi connectivity index (χ1) is 7.16. The molecule has 15 heavy (non-hydrogen) atoms. The molecule has 0 spiro atoms. The minimum absolute atomic E-state index is 0.0651. The van der Waals surface area contributed by atoms with Crippen LogP contribution in [0.15, 0.2) is 10.5 Å². The van der Waals surface area contributed by atoms with Gasteiger partial charge in [0.05, 0.1) is 0 Å². The number of hydrogen-bond donors (Lipinski definition) is 2. The van der Waals surface area contributed by atoms with Crippen LogP contribution in [0.3, 0.4) is 0 Å². The first-order valence-corrected chi connectivity index (χ1v) is 5.23. The second kappa shape index (κ2) is 3.85. The monoisotopic (exact) mass is 227 g/mol. The van der Waals surface area contributed by atoms with E-state index in [9.17, 15) is 4.79 Å². The number of aromatic nitrogens is 1. The normalized spacial score (nSPS) is 16.4. The molecule has 0 aromatic carbocycles. The molecule has 1 saturated carbocycles. The Hall–Kier alpha value is -1.63. The van der Waals surface area contributed by atoms with Crippen molar-refractivity contribution in [2.24, 2.45) is 5.16 Å². The van der Waals surface area contributed by atoms with E-state index >= 15 is 0 Å². The topological polar surface area (TPSA) is 97.8 Å². The zero-order valence-electron chi connectivity index (χ0n) is 7.71. The van der Waals surface area contributed by atoms with Crippen molar-refractivity contribution in [3.8, 4) is 0 Å². The molecule has 1 aromatic heterocycles. The van der Waals surface area contributed by atoms with Crippen LogP contribution in [0.25, 0.3) is 0 Å². The van der Waals surface area contributed by atoms with Crippen molar-refractivity contribution in [2.75, 3.05) is 5.73 Å². The number of hydrogen-bond acceptors (Lipinski definition) is 6. The van der Waals surface area contributed by atoms with Gasteiger partial charge in [-0.3, -0.25) is 0 Å². The summed E-state index contributed by atoms with van der Waals surface area (Å²) in [5.41, 5.74) is 5.45. The highest BCUT2D eigenvalue weighted by molar-refractivity contribution is 7.13. The number of oxime groups is 1. The van der Waals surface area contributed by atoms with Crippen LogP contribution in [0, 0.1) is 0 Å². The maximum absolute atomic E-state index is 10.9. The summed E-state index contributed by atoms with van der Waals surface area (Å²) in [6.07, 6.45) is 1.92. The number of carboxylic acid groups (broad SMARTS) is 1. The van der Waals surface area contributed by atoms with E-state index in [1.54, 1.807) is 5.38 Å². The fraction of sp³-hybridized carbons (Fsp3) is 0.375. The highest BCUT2D eigenvalue weighted by Gasteiger charge is 2.25. The Morgan fingerprint density at radius 1 is 1.73 bits per heavy atom. The van der Waals surface area contributed by atoms with Gasteiger partial charge in [-0.2, -0.15) is 0 Å². The van der Waals surface area contributed by atoms with Crippen LogP contribution < -0.4 is 5.73 Å². The van der Waals surface area contributed by atoms with E-state index in [0.29, 0.717) is 5.13 Å². The molecule has 6 nitrogen and oxygen atoms in total. The van der Waals surface area contributed by atoms with Crippen molar-refractivity contribution in [1.82, 2.24) is 4.98 Å². The number of carboxylic acids is 1. The first kappa shape index (κ1) is 9.91. The first-order valence-electron chi connectivity index (χ1n) is 4.35. The average Bonchev–Trinajstić information content (AvgIpc) is 2.89. The molecule has 1 heterocycles. The van der Waals surface area contributed by atoms with Gasteiger partial charge in [0.1, 0.15) is 11.8 Å². The number of aliphatic carboxylic acids is 1. The molecule has 1 aliphatic carbocycles. The molecule has 2 rings (SSSR count). The summed E-state index contributed by atoms with van der Waals surface area (Å²) >= 11 is 1.17. The zero-order valence-corrected chi connectivity index (χ0v) is 8.53. The minimum Gasteiger partial charge on any atom is -0.476 e. The Kier molecular flexibility index (Phi) is 2.55. The molecule has 0 aliphatic heterocycles. The van der Waals surface area contributed by atoms with Gasteiger partial charge in [0.2, 0.25) is 5.71 Å². The Morgan fingerprint density at radius 2 is 2.47 bits per heavy atom. The number of anilines is 1. The summed E-state index contributed by atoms with van der Waals surface area (Å²) in [6, 6.07) is 0. The largest absolute Gasteiger partial charge is 0.476 e. The smallest absolute Gasteiger partial charge is 0.360 e. The summed E-state index contributed by atoms with van der Waals surface area (Å²) in [5, 5.41) is 14.3. The van der Waals surface area contributed by atoms with Gasteiger partial charge in [-0.05, 0) is 12.8 Å². The van der Waals surface area contributed by atoms with Gasteiger partial charge in [0, 0.05) is 5.38 Å². The Morgan fingerprint density at radius 3 is 2.93 bits per heavy atom. The van der Waals surface area contributed by atoms with Crippen LogP contribution in [-0.4, -0.2) is 27.9 Å². The van der Waals surface area contributed by atoms with Crippen molar-refractivity contribution in [1.29, 1.82) is 0 Å². The Bertz CT molecular complexity index is 411. The lowest BCUT2D eigenvalue weighted by Crippen LogP contribution is -2.15. The lowest BCUT2D eigenvalue weighted by molar-refractivity contribution is -0.129. The molecule has 0 radical (unpaired) electrons. The number of nitrogens with two attached hydrogens (primary N) is 1. The third-order valence-electron chi connectivity index (χ3n) is 1.78. The number of carbonyl (C=O) groups is 1. The Balaban J connectivity index is 2.17. The molecule has 7 heteroatoms. The van der Waals surface area contributed by atoms with E-state index < -0.39 is 5.97 Å². The SMILES string of the molecule is Nc1nc(/C(=N\OC2CC2)C(=O)O)cs1. The number of rotatable bonds is 4. The third kappa shape index (κ3) is 2.44. The van der Waals surface area contributed by atoms with E-state index in [2.05, 4.69) is 10.1 Å². The Labute approximate surface area is 89.4 Å².